The molecule has 1 fully saturated rings. The van der Waals surface area contributed by atoms with E-state index in [2.05, 4.69) is 15.0 Å². The van der Waals surface area contributed by atoms with Gasteiger partial charge in [-0.2, -0.15) is 0 Å². The van der Waals surface area contributed by atoms with Crippen LogP contribution in [0, 0.1) is 0 Å². The molecule has 1 unspecified atom stereocenters. The molecule has 2 rings (SSSR count). The number of nitrogens with one attached hydrogen (secondary N) is 2. The van der Waals surface area contributed by atoms with Gasteiger partial charge < -0.3 is 19.8 Å². The molecule has 5 nitrogen and oxygen atoms in total. The zero-order chi connectivity index (χ0) is 11.4. The molecule has 0 aliphatic carbocycles. The first kappa shape index (κ1) is 11.2. The Hall–Kier alpha value is -1.33. The van der Waals surface area contributed by atoms with Crippen molar-refractivity contribution in [3.63, 3.8) is 0 Å². The zero-order valence-electron chi connectivity index (χ0n) is 9.29. The van der Waals surface area contributed by atoms with Gasteiger partial charge in [-0.3, -0.25) is 0 Å². The summed E-state index contributed by atoms with van der Waals surface area (Å²) in [5.41, 5.74) is 1.47. The van der Waals surface area contributed by atoms with Crippen molar-refractivity contribution in [3.8, 4) is 0 Å². The fourth-order valence-corrected chi connectivity index (χ4v) is 1.72. The van der Waals surface area contributed by atoms with E-state index in [0.29, 0.717) is 18.3 Å². The van der Waals surface area contributed by atoms with Gasteiger partial charge in [0.15, 0.2) is 0 Å². The number of ether oxygens (including phenoxy) is 2. The standard InChI is InChI=1S/C11H16N2O3/c1-15-11(14)10-3-2-8(13-10)6-12-9-4-5-16-7-9/h2-3,9,12-13H,4-7H2,1H3. The van der Waals surface area contributed by atoms with Crippen LogP contribution in [0.25, 0.3) is 0 Å². The van der Waals surface area contributed by atoms with Crippen LogP contribution in [0.2, 0.25) is 0 Å². The number of aromatic amines is 1. The number of hydrogen-bond donors (Lipinski definition) is 2. The van der Waals surface area contributed by atoms with Gasteiger partial charge in [-0.25, -0.2) is 4.79 Å². The highest BCUT2D eigenvalue weighted by Crippen LogP contribution is 2.06. The van der Waals surface area contributed by atoms with Crippen LogP contribution in [0.1, 0.15) is 22.6 Å². The Bertz CT molecular complexity index is 356. The monoisotopic (exact) mass is 224 g/mol. The SMILES string of the molecule is COC(=O)c1ccc(CNC2CCOC2)[nH]1. The van der Waals surface area contributed by atoms with Crippen molar-refractivity contribution < 1.29 is 14.3 Å². The number of rotatable bonds is 4. The Labute approximate surface area is 94.1 Å². The summed E-state index contributed by atoms with van der Waals surface area (Å²) in [6.07, 6.45) is 1.05. The van der Waals surface area contributed by atoms with E-state index >= 15 is 0 Å². The normalized spacial score (nSPS) is 19.9. The molecule has 1 saturated heterocycles. The molecule has 1 aliphatic heterocycles. The van der Waals surface area contributed by atoms with Gasteiger partial charge in [-0.15, -0.1) is 0 Å². The summed E-state index contributed by atoms with van der Waals surface area (Å²) in [7, 11) is 1.37. The fourth-order valence-electron chi connectivity index (χ4n) is 1.72. The van der Waals surface area contributed by atoms with Gasteiger partial charge in [-0.1, -0.05) is 0 Å². The second-order valence-corrected chi connectivity index (χ2v) is 3.83. The summed E-state index contributed by atoms with van der Waals surface area (Å²) < 4.78 is 9.88. The Morgan fingerprint density at radius 3 is 3.25 bits per heavy atom. The molecule has 1 aromatic rings. The van der Waals surface area contributed by atoms with E-state index in [1.165, 1.54) is 7.11 Å². The maximum absolute atomic E-state index is 11.2. The molecule has 1 aliphatic rings. The van der Waals surface area contributed by atoms with E-state index in [-0.39, 0.29) is 5.97 Å². The van der Waals surface area contributed by atoms with Crippen LogP contribution < -0.4 is 5.32 Å². The Kier molecular flexibility index (Phi) is 3.58. The highest BCUT2D eigenvalue weighted by atomic mass is 16.5. The number of esters is 1. The van der Waals surface area contributed by atoms with Crippen LogP contribution in [-0.2, 0) is 16.0 Å². The predicted molar refractivity (Wildman–Crippen MR) is 58.2 cm³/mol. The van der Waals surface area contributed by atoms with Gasteiger partial charge in [0.1, 0.15) is 5.69 Å². The predicted octanol–water partition coefficient (Wildman–Crippen LogP) is 0.680. The second-order valence-electron chi connectivity index (χ2n) is 3.83. The van der Waals surface area contributed by atoms with Crippen molar-refractivity contribution in [3.05, 3.63) is 23.5 Å². The van der Waals surface area contributed by atoms with Crippen molar-refractivity contribution in [1.82, 2.24) is 10.3 Å². The van der Waals surface area contributed by atoms with E-state index < -0.39 is 0 Å². The van der Waals surface area contributed by atoms with Gasteiger partial charge >= 0.3 is 5.97 Å². The van der Waals surface area contributed by atoms with Gasteiger partial charge in [0.2, 0.25) is 0 Å². The maximum atomic E-state index is 11.2. The molecule has 0 aromatic carbocycles. The summed E-state index contributed by atoms with van der Waals surface area (Å²) in [6, 6.07) is 4.04. The van der Waals surface area contributed by atoms with Gasteiger partial charge in [-0.05, 0) is 18.6 Å². The molecule has 0 amide bonds. The molecule has 2 heterocycles. The van der Waals surface area contributed by atoms with Crippen molar-refractivity contribution in [2.24, 2.45) is 0 Å². The number of H-pyrrole nitrogens is 1. The highest BCUT2D eigenvalue weighted by molar-refractivity contribution is 5.87. The third-order valence-corrected chi connectivity index (χ3v) is 2.66. The number of carbonyl (C=O) groups is 1. The lowest BCUT2D eigenvalue weighted by Crippen LogP contribution is -2.28. The average Bonchev–Trinajstić information content (AvgIpc) is 2.96. The van der Waals surface area contributed by atoms with E-state index in [1.807, 2.05) is 6.07 Å². The van der Waals surface area contributed by atoms with Crippen LogP contribution in [0.5, 0.6) is 0 Å². The molecular weight excluding hydrogens is 208 g/mol. The van der Waals surface area contributed by atoms with Crippen molar-refractivity contribution >= 4 is 5.97 Å². The summed E-state index contributed by atoms with van der Waals surface area (Å²) in [6.45, 7) is 2.31. The first-order valence-corrected chi connectivity index (χ1v) is 5.37. The van der Waals surface area contributed by atoms with Crippen LogP contribution in [0.15, 0.2) is 12.1 Å². The van der Waals surface area contributed by atoms with E-state index in [0.717, 1.165) is 25.3 Å². The van der Waals surface area contributed by atoms with Gasteiger partial charge in [0, 0.05) is 24.9 Å². The zero-order valence-corrected chi connectivity index (χ0v) is 9.29. The van der Waals surface area contributed by atoms with Gasteiger partial charge in [0.05, 0.1) is 13.7 Å². The number of methoxy groups -OCH3 is 1. The summed E-state index contributed by atoms with van der Waals surface area (Å²) in [4.78, 5) is 14.2. The topological polar surface area (TPSA) is 63.4 Å². The smallest absolute Gasteiger partial charge is 0.354 e. The van der Waals surface area contributed by atoms with E-state index in [4.69, 9.17) is 4.74 Å². The fraction of sp³-hybridized carbons (Fsp3) is 0.545. The number of carbonyl (C=O) groups excluding carboxylic acids is 1. The average molecular weight is 224 g/mol. The Balaban J connectivity index is 1.85. The first-order chi connectivity index (χ1) is 7.79. The number of aromatic nitrogens is 1. The third kappa shape index (κ3) is 2.62. The van der Waals surface area contributed by atoms with E-state index in [1.54, 1.807) is 6.07 Å². The van der Waals surface area contributed by atoms with Crippen molar-refractivity contribution in [1.29, 1.82) is 0 Å². The minimum absolute atomic E-state index is 0.338. The largest absolute Gasteiger partial charge is 0.464 e. The van der Waals surface area contributed by atoms with E-state index in [9.17, 15) is 4.79 Å². The highest BCUT2D eigenvalue weighted by Gasteiger charge is 2.15. The third-order valence-electron chi connectivity index (χ3n) is 2.66. The maximum Gasteiger partial charge on any atom is 0.354 e. The molecule has 2 N–H and O–H groups in total. The molecule has 5 heteroatoms. The van der Waals surface area contributed by atoms with Crippen LogP contribution in [-0.4, -0.2) is 37.3 Å². The Morgan fingerprint density at radius 1 is 1.69 bits per heavy atom. The lowest BCUT2D eigenvalue weighted by molar-refractivity contribution is 0.0594. The van der Waals surface area contributed by atoms with Gasteiger partial charge in [0.25, 0.3) is 0 Å². The minimum Gasteiger partial charge on any atom is -0.464 e. The van der Waals surface area contributed by atoms with Crippen LogP contribution in [0.3, 0.4) is 0 Å². The minimum atomic E-state index is -0.338. The molecule has 0 saturated carbocycles. The van der Waals surface area contributed by atoms with Crippen LogP contribution in [0.4, 0.5) is 0 Å². The lowest BCUT2D eigenvalue weighted by Gasteiger charge is -2.08. The first-order valence-electron chi connectivity index (χ1n) is 5.37. The molecule has 88 valence electrons. The van der Waals surface area contributed by atoms with Crippen LogP contribution >= 0.6 is 0 Å². The number of hydrogen-bond acceptors (Lipinski definition) is 4. The quantitative estimate of drug-likeness (QED) is 0.738. The molecule has 0 radical (unpaired) electrons. The van der Waals surface area contributed by atoms with Crippen molar-refractivity contribution in [2.45, 2.75) is 19.0 Å². The molecule has 0 bridgehead atoms. The Morgan fingerprint density at radius 2 is 2.56 bits per heavy atom. The molecule has 1 atom stereocenters. The summed E-state index contributed by atoms with van der Waals surface area (Å²) in [5.74, 6) is -0.338. The summed E-state index contributed by atoms with van der Waals surface area (Å²) >= 11 is 0. The lowest BCUT2D eigenvalue weighted by atomic mass is 10.2. The summed E-state index contributed by atoms with van der Waals surface area (Å²) in [5, 5.41) is 3.36. The van der Waals surface area contributed by atoms with Crippen molar-refractivity contribution in [2.75, 3.05) is 20.3 Å². The molecule has 1 aromatic heterocycles. The molecule has 0 spiro atoms. The molecular formula is C11H16N2O3. The second kappa shape index (κ2) is 5.14. The molecule has 16 heavy (non-hydrogen) atoms.